The average molecular weight is 424 g/mol. The third kappa shape index (κ3) is 4.26. The summed E-state index contributed by atoms with van der Waals surface area (Å²) in [6.45, 7) is 2.12. The molecule has 4 rings (SSSR count). The van der Waals surface area contributed by atoms with E-state index in [1.54, 1.807) is 29.1 Å². The molecule has 2 N–H and O–H groups in total. The van der Waals surface area contributed by atoms with Crippen LogP contribution in [0.1, 0.15) is 21.6 Å². The molecule has 0 spiro atoms. The lowest BCUT2D eigenvalue weighted by Crippen LogP contribution is -2.22. The van der Waals surface area contributed by atoms with Crippen molar-refractivity contribution in [1.29, 1.82) is 0 Å². The molecule has 0 saturated heterocycles. The Bertz CT molecular complexity index is 1250. The second-order valence-electron chi connectivity index (χ2n) is 6.98. The van der Waals surface area contributed by atoms with Gasteiger partial charge in [0.2, 0.25) is 0 Å². The molecule has 152 valence electrons. The van der Waals surface area contributed by atoms with Crippen molar-refractivity contribution in [2.75, 3.05) is 5.32 Å². The lowest BCUT2D eigenvalue weighted by Gasteiger charge is -2.09. The van der Waals surface area contributed by atoms with E-state index in [2.05, 4.69) is 20.7 Å². The van der Waals surface area contributed by atoms with Gasteiger partial charge < -0.3 is 10.6 Å². The third-order valence-electron chi connectivity index (χ3n) is 4.68. The SMILES string of the molecule is Cc1cc(Nc2cc3cc(C(=O)NCc4ccc(Cl)c(F)c4)ccc3cn2)n(C)n1. The number of benzene rings is 2. The van der Waals surface area contributed by atoms with Gasteiger partial charge in [-0.1, -0.05) is 23.7 Å². The molecule has 0 aliphatic heterocycles. The molecule has 8 heteroatoms. The topological polar surface area (TPSA) is 71.8 Å². The first-order chi connectivity index (χ1) is 14.4. The Labute approximate surface area is 177 Å². The zero-order valence-corrected chi connectivity index (χ0v) is 17.2. The Morgan fingerprint density at radius 1 is 1.13 bits per heavy atom. The zero-order chi connectivity index (χ0) is 21.3. The molecule has 1 amide bonds. The lowest BCUT2D eigenvalue weighted by atomic mass is 10.1. The summed E-state index contributed by atoms with van der Waals surface area (Å²) >= 11 is 5.69. The van der Waals surface area contributed by atoms with Gasteiger partial charge in [0.05, 0.1) is 10.7 Å². The molecule has 0 aliphatic carbocycles. The lowest BCUT2D eigenvalue weighted by molar-refractivity contribution is 0.0951. The molecule has 6 nitrogen and oxygen atoms in total. The number of rotatable bonds is 5. The van der Waals surface area contributed by atoms with Gasteiger partial charge in [-0.15, -0.1) is 0 Å². The van der Waals surface area contributed by atoms with E-state index < -0.39 is 5.82 Å². The molecule has 0 aliphatic rings. The van der Waals surface area contributed by atoms with E-state index in [1.165, 1.54) is 12.1 Å². The Morgan fingerprint density at radius 2 is 1.97 bits per heavy atom. The van der Waals surface area contributed by atoms with Crippen molar-refractivity contribution >= 4 is 39.9 Å². The molecule has 4 aromatic rings. The third-order valence-corrected chi connectivity index (χ3v) is 4.99. The predicted octanol–water partition coefficient (Wildman–Crippen LogP) is 4.74. The smallest absolute Gasteiger partial charge is 0.251 e. The summed E-state index contributed by atoms with van der Waals surface area (Å²) in [6, 6.07) is 13.6. The van der Waals surface area contributed by atoms with Crippen LogP contribution in [0.3, 0.4) is 0 Å². The molecule has 2 aromatic carbocycles. The van der Waals surface area contributed by atoms with E-state index in [9.17, 15) is 9.18 Å². The summed E-state index contributed by atoms with van der Waals surface area (Å²) < 4.78 is 15.3. The first-order valence-electron chi connectivity index (χ1n) is 9.28. The van der Waals surface area contributed by atoms with Gasteiger partial charge in [-0.05, 0) is 48.2 Å². The van der Waals surface area contributed by atoms with Crippen LogP contribution >= 0.6 is 11.6 Å². The molecule has 0 fully saturated rings. The molecule has 2 aromatic heterocycles. The molecule has 0 atom stereocenters. The summed E-state index contributed by atoms with van der Waals surface area (Å²) in [7, 11) is 1.85. The van der Waals surface area contributed by atoms with Crippen LogP contribution in [0.5, 0.6) is 0 Å². The number of aryl methyl sites for hydroxylation is 2. The summed E-state index contributed by atoms with van der Waals surface area (Å²) in [5.41, 5.74) is 2.04. The number of halogens is 2. The number of fused-ring (bicyclic) bond motifs is 1. The number of hydrogen-bond donors (Lipinski definition) is 2. The van der Waals surface area contributed by atoms with Crippen molar-refractivity contribution in [3.8, 4) is 0 Å². The summed E-state index contributed by atoms with van der Waals surface area (Å²) in [5.74, 6) is 0.717. The average Bonchev–Trinajstić information content (AvgIpc) is 3.04. The van der Waals surface area contributed by atoms with E-state index in [-0.39, 0.29) is 17.5 Å². The number of hydrogen-bond acceptors (Lipinski definition) is 4. The Balaban J connectivity index is 1.51. The molecular weight excluding hydrogens is 405 g/mol. The highest BCUT2D eigenvalue weighted by Gasteiger charge is 2.09. The number of amides is 1. The number of nitrogens with zero attached hydrogens (tertiary/aromatic N) is 3. The monoisotopic (exact) mass is 423 g/mol. The van der Waals surface area contributed by atoms with Crippen LogP contribution in [0, 0.1) is 12.7 Å². The van der Waals surface area contributed by atoms with E-state index in [1.807, 2.05) is 32.2 Å². The number of aromatic nitrogens is 3. The number of carbonyl (C=O) groups is 1. The largest absolute Gasteiger partial charge is 0.348 e. The molecule has 30 heavy (non-hydrogen) atoms. The van der Waals surface area contributed by atoms with Crippen molar-refractivity contribution in [1.82, 2.24) is 20.1 Å². The zero-order valence-electron chi connectivity index (χ0n) is 16.4. The van der Waals surface area contributed by atoms with Crippen LogP contribution in [-0.4, -0.2) is 20.7 Å². The molecule has 2 heterocycles. The number of nitrogens with one attached hydrogen (secondary N) is 2. The maximum absolute atomic E-state index is 13.6. The second-order valence-corrected chi connectivity index (χ2v) is 7.39. The van der Waals surface area contributed by atoms with Crippen molar-refractivity contribution < 1.29 is 9.18 Å². The van der Waals surface area contributed by atoms with Gasteiger partial charge in [0.15, 0.2) is 0 Å². The van der Waals surface area contributed by atoms with Gasteiger partial charge in [-0.2, -0.15) is 5.10 Å². The highest BCUT2D eigenvalue weighted by atomic mass is 35.5. The quantitative estimate of drug-likeness (QED) is 0.486. The fraction of sp³-hybridized carbons (Fsp3) is 0.136. The van der Waals surface area contributed by atoms with Gasteiger partial charge in [-0.3, -0.25) is 9.48 Å². The van der Waals surface area contributed by atoms with Gasteiger partial charge >= 0.3 is 0 Å². The Hall–Kier alpha value is -3.45. The van der Waals surface area contributed by atoms with Crippen molar-refractivity contribution in [2.24, 2.45) is 7.05 Å². The van der Waals surface area contributed by atoms with Gasteiger partial charge in [0, 0.05) is 36.8 Å². The highest BCUT2D eigenvalue weighted by molar-refractivity contribution is 6.30. The minimum absolute atomic E-state index is 0.0545. The van der Waals surface area contributed by atoms with E-state index in [0.717, 1.165) is 22.3 Å². The molecular formula is C22H19ClFN5O. The van der Waals surface area contributed by atoms with Gasteiger partial charge in [0.25, 0.3) is 5.91 Å². The predicted molar refractivity (Wildman–Crippen MR) is 116 cm³/mol. The standard InChI is InChI=1S/C22H19ClFN5O/c1-13-7-21(29(2)28-13)27-20-10-17-9-15(4-5-16(17)12-25-20)22(30)26-11-14-3-6-18(23)19(24)8-14/h3-10,12H,11H2,1-2H3,(H,25,27)(H,26,30). The molecule has 0 bridgehead atoms. The fourth-order valence-corrected chi connectivity index (χ4v) is 3.26. The molecule has 0 unspecified atom stereocenters. The van der Waals surface area contributed by atoms with E-state index >= 15 is 0 Å². The van der Waals surface area contributed by atoms with Crippen molar-refractivity contribution in [3.05, 3.63) is 82.4 Å². The van der Waals surface area contributed by atoms with Crippen LogP contribution < -0.4 is 10.6 Å². The maximum atomic E-state index is 13.6. The molecule has 0 saturated carbocycles. The van der Waals surface area contributed by atoms with Gasteiger partial charge in [0.1, 0.15) is 17.5 Å². The van der Waals surface area contributed by atoms with Crippen LogP contribution in [0.2, 0.25) is 5.02 Å². The maximum Gasteiger partial charge on any atom is 0.251 e. The molecule has 0 radical (unpaired) electrons. The van der Waals surface area contributed by atoms with Crippen molar-refractivity contribution in [2.45, 2.75) is 13.5 Å². The van der Waals surface area contributed by atoms with Crippen LogP contribution in [0.15, 0.2) is 54.7 Å². The van der Waals surface area contributed by atoms with E-state index in [4.69, 9.17) is 11.6 Å². The first kappa shape index (κ1) is 19.8. The highest BCUT2D eigenvalue weighted by Crippen LogP contribution is 2.22. The number of pyridine rings is 1. The normalized spacial score (nSPS) is 10.9. The summed E-state index contributed by atoms with van der Waals surface area (Å²) in [6.07, 6.45) is 1.75. The second kappa shape index (κ2) is 8.12. The first-order valence-corrected chi connectivity index (χ1v) is 9.66. The van der Waals surface area contributed by atoms with Crippen molar-refractivity contribution in [3.63, 3.8) is 0 Å². The van der Waals surface area contributed by atoms with Crippen LogP contribution in [0.25, 0.3) is 10.8 Å². The van der Waals surface area contributed by atoms with Crippen LogP contribution in [-0.2, 0) is 13.6 Å². The minimum atomic E-state index is -0.509. The van der Waals surface area contributed by atoms with Crippen LogP contribution in [0.4, 0.5) is 16.0 Å². The van der Waals surface area contributed by atoms with Gasteiger partial charge in [-0.25, -0.2) is 9.37 Å². The number of carbonyl (C=O) groups excluding carboxylic acids is 1. The minimum Gasteiger partial charge on any atom is -0.348 e. The summed E-state index contributed by atoms with van der Waals surface area (Å²) in [5, 5.41) is 12.2. The Morgan fingerprint density at radius 3 is 2.70 bits per heavy atom. The summed E-state index contributed by atoms with van der Waals surface area (Å²) in [4.78, 5) is 17.0. The fourth-order valence-electron chi connectivity index (χ4n) is 3.14. The number of anilines is 2. The Kier molecular flexibility index (Phi) is 5.37. The van der Waals surface area contributed by atoms with E-state index in [0.29, 0.717) is 16.9 Å².